The Morgan fingerprint density at radius 2 is 2.04 bits per heavy atom. The van der Waals surface area contributed by atoms with E-state index in [4.69, 9.17) is 9.47 Å². The van der Waals surface area contributed by atoms with Crippen molar-refractivity contribution < 1.29 is 17.9 Å². The summed E-state index contributed by atoms with van der Waals surface area (Å²) < 4.78 is 36.1. The van der Waals surface area contributed by atoms with Gasteiger partial charge in [-0.15, -0.1) is 11.3 Å². The average Bonchev–Trinajstić information content (AvgIpc) is 3.22. The van der Waals surface area contributed by atoms with Crippen molar-refractivity contribution in [3.05, 3.63) is 46.2 Å². The number of sulfonamides is 1. The maximum absolute atomic E-state index is 12.1. The molecule has 0 bridgehead atoms. The van der Waals surface area contributed by atoms with E-state index < -0.39 is 10.0 Å². The van der Waals surface area contributed by atoms with Crippen LogP contribution in [0.15, 0.2) is 40.8 Å². The van der Waals surface area contributed by atoms with Crippen LogP contribution in [0.3, 0.4) is 0 Å². The van der Waals surface area contributed by atoms with Crippen molar-refractivity contribution in [3.8, 4) is 11.5 Å². The molecule has 0 N–H and O–H groups in total. The molecule has 0 saturated carbocycles. The molecule has 2 aromatic rings. The van der Waals surface area contributed by atoms with Gasteiger partial charge in [0.15, 0.2) is 0 Å². The first-order valence-electron chi connectivity index (χ1n) is 7.26. The van der Waals surface area contributed by atoms with Gasteiger partial charge in [-0.25, -0.2) is 8.42 Å². The van der Waals surface area contributed by atoms with E-state index in [1.807, 2.05) is 29.6 Å². The number of rotatable bonds is 5. The highest BCUT2D eigenvalue weighted by atomic mass is 32.2. The predicted molar refractivity (Wildman–Crippen MR) is 94.4 cm³/mol. The van der Waals surface area contributed by atoms with Crippen LogP contribution in [0.1, 0.15) is 22.9 Å². The van der Waals surface area contributed by atoms with Crippen molar-refractivity contribution in [1.82, 2.24) is 4.41 Å². The van der Waals surface area contributed by atoms with Crippen molar-refractivity contribution in [1.29, 1.82) is 0 Å². The van der Waals surface area contributed by atoms with Crippen LogP contribution in [-0.2, 0) is 10.0 Å². The summed E-state index contributed by atoms with van der Waals surface area (Å²) in [4.78, 5) is 0.964. The molecular formula is C16H18N2O4S2. The summed E-state index contributed by atoms with van der Waals surface area (Å²) in [6, 6.07) is 8.93. The second-order valence-electron chi connectivity index (χ2n) is 5.38. The second kappa shape index (κ2) is 6.45. The van der Waals surface area contributed by atoms with Gasteiger partial charge in [-0.2, -0.15) is 9.52 Å². The first kappa shape index (κ1) is 16.8. The Bertz CT molecular complexity index is 860. The molecule has 8 heteroatoms. The zero-order valence-electron chi connectivity index (χ0n) is 13.6. The Morgan fingerprint density at radius 1 is 1.25 bits per heavy atom. The Hall–Kier alpha value is -2.06. The van der Waals surface area contributed by atoms with E-state index in [9.17, 15) is 8.42 Å². The molecule has 1 aliphatic heterocycles. The van der Waals surface area contributed by atoms with E-state index >= 15 is 0 Å². The number of thiophene rings is 1. The second-order valence-corrected chi connectivity index (χ2v) is 8.20. The highest BCUT2D eigenvalue weighted by molar-refractivity contribution is 7.88. The number of methoxy groups -OCH3 is 2. The fourth-order valence-electron chi connectivity index (χ4n) is 2.69. The molecule has 0 radical (unpaired) electrons. The summed E-state index contributed by atoms with van der Waals surface area (Å²) in [5, 5.41) is 6.31. The van der Waals surface area contributed by atoms with Gasteiger partial charge in [-0.3, -0.25) is 0 Å². The number of nitrogens with zero attached hydrogens (tertiary/aromatic N) is 2. The third-order valence-electron chi connectivity index (χ3n) is 3.80. The molecular weight excluding hydrogens is 348 g/mol. The Kier molecular flexibility index (Phi) is 4.51. The standard InChI is InChI=1S/C16H18N2O4S2/c1-21-11-6-7-12(15(9-11)22-2)13-10-14(16-5-4-8-23-16)18(17-13)24(3,19)20/h4-9,14H,10H2,1-3H3/t14-/m0/s1. The smallest absolute Gasteiger partial charge is 0.247 e. The molecule has 0 amide bonds. The van der Waals surface area contributed by atoms with Crippen LogP contribution in [0.25, 0.3) is 0 Å². The van der Waals surface area contributed by atoms with E-state index in [1.54, 1.807) is 20.3 Å². The van der Waals surface area contributed by atoms with Crippen LogP contribution in [-0.4, -0.2) is 39.0 Å². The lowest BCUT2D eigenvalue weighted by Gasteiger charge is -2.19. The zero-order chi connectivity index (χ0) is 17.3. The molecule has 1 aliphatic rings. The number of ether oxygens (including phenoxy) is 2. The van der Waals surface area contributed by atoms with Crippen LogP contribution < -0.4 is 9.47 Å². The molecule has 1 aromatic heterocycles. The van der Waals surface area contributed by atoms with Gasteiger partial charge >= 0.3 is 0 Å². The first-order chi connectivity index (χ1) is 11.4. The predicted octanol–water partition coefficient (Wildman–Crippen LogP) is 2.88. The van der Waals surface area contributed by atoms with Gasteiger partial charge in [-0.1, -0.05) is 6.07 Å². The van der Waals surface area contributed by atoms with Gasteiger partial charge in [0.05, 0.1) is 26.2 Å². The maximum Gasteiger partial charge on any atom is 0.247 e. The number of benzene rings is 1. The summed E-state index contributed by atoms with van der Waals surface area (Å²) in [5.41, 5.74) is 1.45. The van der Waals surface area contributed by atoms with Crippen LogP contribution in [0.5, 0.6) is 11.5 Å². The SMILES string of the molecule is COc1ccc(C2=NN(S(C)(=O)=O)[C@H](c3cccs3)C2)c(OC)c1. The Balaban J connectivity index is 2.03. The Morgan fingerprint density at radius 3 is 2.62 bits per heavy atom. The summed E-state index contributed by atoms with van der Waals surface area (Å²) in [6.07, 6.45) is 1.67. The highest BCUT2D eigenvalue weighted by Crippen LogP contribution is 2.38. The minimum Gasteiger partial charge on any atom is -0.497 e. The number of hydrazone groups is 1. The third-order valence-corrected chi connectivity index (χ3v) is 5.79. The van der Waals surface area contributed by atoms with Gasteiger partial charge in [0, 0.05) is 22.9 Å². The minimum absolute atomic E-state index is 0.318. The van der Waals surface area contributed by atoms with Gasteiger partial charge in [0.2, 0.25) is 10.0 Å². The van der Waals surface area contributed by atoms with Crippen molar-refractivity contribution in [2.45, 2.75) is 12.5 Å². The zero-order valence-corrected chi connectivity index (χ0v) is 15.2. The fourth-order valence-corrected chi connectivity index (χ4v) is 4.46. The van der Waals surface area contributed by atoms with Crippen LogP contribution >= 0.6 is 11.3 Å². The van der Waals surface area contributed by atoms with Crippen molar-refractivity contribution in [2.24, 2.45) is 5.10 Å². The van der Waals surface area contributed by atoms with Crippen molar-refractivity contribution >= 4 is 27.1 Å². The summed E-state index contributed by atoms with van der Waals surface area (Å²) in [6.45, 7) is 0. The first-order valence-corrected chi connectivity index (χ1v) is 9.99. The molecule has 128 valence electrons. The van der Waals surface area contributed by atoms with E-state index in [1.165, 1.54) is 22.0 Å². The van der Waals surface area contributed by atoms with Crippen LogP contribution in [0.4, 0.5) is 0 Å². The van der Waals surface area contributed by atoms with Crippen LogP contribution in [0.2, 0.25) is 0 Å². The highest BCUT2D eigenvalue weighted by Gasteiger charge is 2.35. The molecule has 0 saturated heterocycles. The van der Waals surface area contributed by atoms with Gasteiger partial charge in [0.1, 0.15) is 17.5 Å². The molecule has 1 atom stereocenters. The van der Waals surface area contributed by atoms with E-state index in [0.717, 1.165) is 10.4 Å². The summed E-state index contributed by atoms with van der Waals surface area (Å²) in [5.74, 6) is 1.28. The van der Waals surface area contributed by atoms with Crippen molar-refractivity contribution in [3.63, 3.8) is 0 Å². The molecule has 2 heterocycles. The monoisotopic (exact) mass is 366 g/mol. The number of hydrogen-bond donors (Lipinski definition) is 0. The van der Waals surface area contributed by atoms with E-state index in [-0.39, 0.29) is 6.04 Å². The summed E-state index contributed by atoms with van der Waals surface area (Å²) >= 11 is 1.52. The lowest BCUT2D eigenvalue weighted by Crippen LogP contribution is -2.25. The largest absolute Gasteiger partial charge is 0.497 e. The fraction of sp³-hybridized carbons (Fsp3) is 0.312. The number of hydrogen-bond acceptors (Lipinski definition) is 6. The van der Waals surface area contributed by atoms with Gasteiger partial charge in [0.25, 0.3) is 0 Å². The topological polar surface area (TPSA) is 68.2 Å². The molecule has 0 fully saturated rings. The molecule has 1 aromatic carbocycles. The maximum atomic E-state index is 12.1. The quantitative estimate of drug-likeness (QED) is 0.816. The molecule has 0 aliphatic carbocycles. The van der Waals surface area contributed by atoms with E-state index in [2.05, 4.69) is 5.10 Å². The lowest BCUT2D eigenvalue weighted by atomic mass is 10.0. The average molecular weight is 366 g/mol. The molecule has 6 nitrogen and oxygen atoms in total. The minimum atomic E-state index is -3.46. The molecule has 0 unspecified atom stereocenters. The summed E-state index contributed by atoms with van der Waals surface area (Å²) in [7, 11) is -0.313. The van der Waals surface area contributed by atoms with Gasteiger partial charge in [-0.05, 0) is 23.6 Å². The van der Waals surface area contributed by atoms with E-state index in [0.29, 0.717) is 23.6 Å². The third kappa shape index (κ3) is 3.11. The normalized spacial score (nSPS) is 17.7. The van der Waals surface area contributed by atoms with Crippen LogP contribution in [0, 0.1) is 0 Å². The molecule has 3 rings (SSSR count). The lowest BCUT2D eigenvalue weighted by molar-refractivity contribution is 0.379. The van der Waals surface area contributed by atoms with Gasteiger partial charge < -0.3 is 9.47 Å². The van der Waals surface area contributed by atoms with Crippen molar-refractivity contribution in [2.75, 3.05) is 20.5 Å². The molecule has 0 spiro atoms. The Labute approximate surface area is 145 Å². The molecule has 24 heavy (non-hydrogen) atoms.